The van der Waals surface area contributed by atoms with Crippen molar-refractivity contribution in [3.63, 3.8) is 0 Å². The number of nitrogens with zero attached hydrogens (tertiary/aromatic N) is 3. The molecular weight excluding hydrogens is 346 g/mol. The highest BCUT2D eigenvalue weighted by atomic mass is 79.9. The monoisotopic (exact) mass is 359 g/mol. The Hall–Kier alpha value is -1.61. The summed E-state index contributed by atoms with van der Waals surface area (Å²) < 4.78 is 29.3. The Labute approximate surface area is 125 Å². The molecule has 0 radical (unpaired) electrons. The Bertz CT molecular complexity index is 769. The zero-order valence-electron chi connectivity index (χ0n) is 11.2. The van der Waals surface area contributed by atoms with E-state index in [-0.39, 0.29) is 10.7 Å². The first-order valence-corrected chi connectivity index (χ1v) is 7.94. The van der Waals surface area contributed by atoms with Crippen LogP contribution in [0.4, 0.5) is 11.5 Å². The van der Waals surface area contributed by atoms with E-state index in [2.05, 4.69) is 30.7 Å². The Morgan fingerprint density at radius 2 is 2.05 bits per heavy atom. The van der Waals surface area contributed by atoms with E-state index >= 15 is 0 Å². The second-order valence-electron chi connectivity index (χ2n) is 4.33. The molecule has 0 aliphatic heterocycles. The van der Waals surface area contributed by atoms with Crippen LogP contribution in [0, 0.1) is 13.8 Å². The van der Waals surface area contributed by atoms with Crippen LogP contribution >= 0.6 is 15.9 Å². The van der Waals surface area contributed by atoms with Crippen LogP contribution in [0.3, 0.4) is 0 Å². The maximum Gasteiger partial charge on any atom is 0.266 e. The van der Waals surface area contributed by atoms with Gasteiger partial charge in [0.05, 0.1) is 27.7 Å². The Morgan fingerprint density at radius 1 is 1.40 bits per heavy atom. The summed E-state index contributed by atoms with van der Waals surface area (Å²) in [5, 5.41) is 4.10. The minimum Gasteiger partial charge on any atom is -0.397 e. The number of sulfonamides is 1. The number of nitrogens with two attached hydrogens (primary N) is 1. The van der Waals surface area contributed by atoms with Crippen molar-refractivity contribution in [2.45, 2.75) is 18.7 Å². The van der Waals surface area contributed by atoms with Gasteiger partial charge in [-0.15, -0.1) is 0 Å². The van der Waals surface area contributed by atoms with Gasteiger partial charge < -0.3 is 5.73 Å². The van der Waals surface area contributed by atoms with Crippen molar-refractivity contribution in [2.75, 3.05) is 10.5 Å². The molecule has 0 aliphatic rings. The smallest absolute Gasteiger partial charge is 0.266 e. The number of pyridine rings is 1. The number of nitrogen functional groups attached to an aromatic ring is 1. The molecule has 9 heteroatoms. The van der Waals surface area contributed by atoms with Crippen LogP contribution in [0.25, 0.3) is 0 Å². The van der Waals surface area contributed by atoms with Crippen molar-refractivity contribution in [1.82, 2.24) is 14.8 Å². The topological polar surface area (TPSA) is 103 Å². The van der Waals surface area contributed by atoms with E-state index < -0.39 is 10.0 Å². The summed E-state index contributed by atoms with van der Waals surface area (Å²) in [5.41, 5.74) is 7.00. The fourth-order valence-corrected chi connectivity index (χ4v) is 3.92. The molecule has 2 heterocycles. The van der Waals surface area contributed by atoms with Gasteiger partial charge in [-0.2, -0.15) is 5.10 Å². The number of anilines is 2. The Balaban J connectivity index is 2.46. The number of halogens is 1. The van der Waals surface area contributed by atoms with Crippen molar-refractivity contribution in [3.8, 4) is 0 Å². The van der Waals surface area contributed by atoms with E-state index in [1.165, 1.54) is 10.9 Å². The molecule has 0 saturated carbocycles. The number of nitrogens with one attached hydrogen (secondary N) is 1. The molecule has 7 nitrogen and oxygen atoms in total. The minimum atomic E-state index is -3.76. The quantitative estimate of drug-likeness (QED) is 0.865. The van der Waals surface area contributed by atoms with Crippen molar-refractivity contribution in [1.29, 1.82) is 0 Å². The minimum absolute atomic E-state index is 0.158. The van der Waals surface area contributed by atoms with E-state index in [1.807, 2.05) is 0 Å². The normalized spacial score (nSPS) is 11.6. The summed E-state index contributed by atoms with van der Waals surface area (Å²) in [6.07, 6.45) is 1.38. The number of aromatic nitrogens is 3. The zero-order valence-corrected chi connectivity index (χ0v) is 13.6. The third-order valence-electron chi connectivity index (χ3n) is 2.80. The molecule has 0 unspecified atom stereocenters. The first-order valence-electron chi connectivity index (χ1n) is 5.66. The van der Waals surface area contributed by atoms with Crippen molar-refractivity contribution in [3.05, 3.63) is 28.1 Å². The third-order valence-corrected chi connectivity index (χ3v) is 5.00. The molecule has 0 fully saturated rings. The maximum absolute atomic E-state index is 12.4. The lowest BCUT2D eigenvalue weighted by atomic mass is 10.4. The number of rotatable bonds is 3. The predicted molar refractivity (Wildman–Crippen MR) is 79.8 cm³/mol. The lowest BCUT2D eigenvalue weighted by Gasteiger charge is -2.09. The van der Waals surface area contributed by atoms with Gasteiger partial charge in [-0.3, -0.25) is 9.40 Å². The molecule has 0 atom stereocenters. The summed E-state index contributed by atoms with van der Waals surface area (Å²) in [4.78, 5) is 4.12. The lowest BCUT2D eigenvalue weighted by Crippen LogP contribution is -2.16. The molecule has 2 aromatic heterocycles. The molecule has 0 bridgehead atoms. The highest BCUT2D eigenvalue weighted by Crippen LogP contribution is 2.26. The second kappa shape index (κ2) is 5.06. The average molecular weight is 360 g/mol. The third kappa shape index (κ3) is 2.63. The van der Waals surface area contributed by atoms with Gasteiger partial charge >= 0.3 is 0 Å². The molecule has 0 amide bonds. The lowest BCUT2D eigenvalue weighted by molar-refractivity contribution is 0.599. The Morgan fingerprint density at radius 3 is 2.55 bits per heavy atom. The van der Waals surface area contributed by atoms with Gasteiger partial charge in [0.1, 0.15) is 4.90 Å². The molecule has 108 valence electrons. The van der Waals surface area contributed by atoms with Gasteiger partial charge in [0.15, 0.2) is 5.82 Å². The van der Waals surface area contributed by atoms with Crippen LogP contribution in [-0.2, 0) is 17.1 Å². The summed E-state index contributed by atoms with van der Waals surface area (Å²) in [6.45, 7) is 3.34. The van der Waals surface area contributed by atoms with Crippen molar-refractivity contribution in [2.24, 2.45) is 7.05 Å². The van der Waals surface area contributed by atoms with Crippen LogP contribution in [0.15, 0.2) is 21.6 Å². The molecule has 2 rings (SSSR count). The SMILES string of the molecule is Cc1nn(C)c(C)c1S(=O)(=O)Nc1ncc(N)cc1Br. The molecule has 20 heavy (non-hydrogen) atoms. The molecule has 2 aromatic rings. The standard InChI is InChI=1S/C11H14BrN5O2S/c1-6-10(7(2)17(3)15-6)20(18,19)16-11-9(12)4-8(13)5-14-11/h4-5H,13H2,1-3H3,(H,14,16). The summed E-state index contributed by atoms with van der Waals surface area (Å²) in [7, 11) is -2.06. The Kier molecular flexibility index (Phi) is 3.74. The van der Waals surface area contributed by atoms with Crippen LogP contribution in [0.1, 0.15) is 11.4 Å². The van der Waals surface area contributed by atoms with E-state index in [9.17, 15) is 8.42 Å². The molecule has 0 saturated heterocycles. The van der Waals surface area contributed by atoms with Crippen molar-refractivity contribution < 1.29 is 8.42 Å². The number of aryl methyl sites for hydroxylation is 2. The van der Waals surface area contributed by atoms with Gasteiger partial charge in [0.25, 0.3) is 10.0 Å². The van der Waals surface area contributed by atoms with E-state index in [0.29, 0.717) is 21.5 Å². The number of hydrogen-bond donors (Lipinski definition) is 2. The largest absolute Gasteiger partial charge is 0.397 e. The van der Waals surface area contributed by atoms with E-state index in [1.54, 1.807) is 27.0 Å². The molecular formula is C11H14BrN5O2S. The van der Waals surface area contributed by atoms with Gasteiger partial charge in [-0.1, -0.05) is 0 Å². The summed E-state index contributed by atoms with van der Waals surface area (Å²) in [5.74, 6) is 0.182. The van der Waals surface area contributed by atoms with E-state index in [4.69, 9.17) is 5.73 Å². The average Bonchev–Trinajstić information content (AvgIpc) is 2.57. The summed E-state index contributed by atoms with van der Waals surface area (Å²) in [6, 6.07) is 1.58. The van der Waals surface area contributed by atoms with E-state index in [0.717, 1.165) is 0 Å². The maximum atomic E-state index is 12.4. The van der Waals surface area contributed by atoms with Crippen molar-refractivity contribution >= 4 is 37.5 Å². The highest BCUT2D eigenvalue weighted by molar-refractivity contribution is 9.10. The van der Waals surface area contributed by atoms with Crippen LogP contribution in [0.5, 0.6) is 0 Å². The zero-order chi connectivity index (χ0) is 15.1. The highest BCUT2D eigenvalue weighted by Gasteiger charge is 2.24. The van der Waals surface area contributed by atoms with Gasteiger partial charge in [0.2, 0.25) is 0 Å². The second-order valence-corrected chi connectivity index (χ2v) is 6.80. The molecule has 0 aromatic carbocycles. The fourth-order valence-electron chi connectivity index (χ4n) is 1.85. The van der Waals surface area contributed by atoms with Gasteiger partial charge in [-0.25, -0.2) is 13.4 Å². The van der Waals surface area contributed by atoms with Crippen LogP contribution < -0.4 is 10.5 Å². The first-order chi connectivity index (χ1) is 9.22. The summed E-state index contributed by atoms with van der Waals surface area (Å²) >= 11 is 3.22. The van der Waals surface area contributed by atoms with Gasteiger partial charge in [0, 0.05) is 7.05 Å². The van der Waals surface area contributed by atoms with Crippen LogP contribution in [-0.4, -0.2) is 23.2 Å². The molecule has 0 spiro atoms. The first kappa shape index (κ1) is 14.8. The van der Waals surface area contributed by atoms with Gasteiger partial charge in [-0.05, 0) is 35.8 Å². The predicted octanol–water partition coefficient (Wildman–Crippen LogP) is 1.58. The number of hydrogen-bond acceptors (Lipinski definition) is 5. The van der Waals surface area contributed by atoms with Crippen LogP contribution in [0.2, 0.25) is 0 Å². The fraction of sp³-hybridized carbons (Fsp3) is 0.273. The molecule has 3 N–H and O–H groups in total. The molecule has 0 aliphatic carbocycles.